The number of methoxy groups -OCH3 is 1. The Labute approximate surface area is 118 Å². The van der Waals surface area contributed by atoms with Gasteiger partial charge in [0.25, 0.3) is 0 Å². The topological polar surface area (TPSA) is 39.9 Å². The van der Waals surface area contributed by atoms with Crippen molar-refractivity contribution in [3.63, 3.8) is 0 Å². The van der Waals surface area contributed by atoms with Crippen molar-refractivity contribution in [2.75, 3.05) is 7.11 Å². The minimum atomic E-state index is 0.325. The summed E-state index contributed by atoms with van der Waals surface area (Å²) >= 11 is 0. The lowest BCUT2D eigenvalue weighted by Gasteiger charge is -2.11. The molecular weight excluding hydrogens is 250 g/mol. The molecule has 20 heavy (non-hydrogen) atoms. The summed E-state index contributed by atoms with van der Waals surface area (Å²) in [5.41, 5.74) is 2.86. The Hall–Kier alpha value is -2.36. The van der Waals surface area contributed by atoms with E-state index < -0.39 is 0 Å². The van der Waals surface area contributed by atoms with Gasteiger partial charge in [0.05, 0.1) is 7.11 Å². The van der Waals surface area contributed by atoms with Gasteiger partial charge in [-0.2, -0.15) is 0 Å². The Morgan fingerprint density at radius 2 is 1.85 bits per heavy atom. The van der Waals surface area contributed by atoms with E-state index in [1.54, 1.807) is 13.3 Å². The van der Waals surface area contributed by atoms with Crippen molar-refractivity contribution in [3.8, 4) is 11.4 Å². The van der Waals surface area contributed by atoms with Crippen LogP contribution in [0.15, 0.2) is 42.6 Å². The van der Waals surface area contributed by atoms with E-state index in [2.05, 4.69) is 23.4 Å². The van der Waals surface area contributed by atoms with Gasteiger partial charge in [-0.25, -0.2) is 9.97 Å². The van der Waals surface area contributed by atoms with Crippen molar-refractivity contribution in [1.82, 2.24) is 14.5 Å². The Bertz CT molecular complexity index is 729. The highest BCUT2D eigenvalue weighted by molar-refractivity contribution is 5.74. The van der Waals surface area contributed by atoms with Gasteiger partial charge in [-0.15, -0.1) is 0 Å². The van der Waals surface area contributed by atoms with Gasteiger partial charge in [0.15, 0.2) is 5.65 Å². The van der Waals surface area contributed by atoms with E-state index in [4.69, 9.17) is 9.72 Å². The maximum Gasteiger partial charge on any atom is 0.164 e. The first kappa shape index (κ1) is 12.7. The van der Waals surface area contributed by atoms with E-state index >= 15 is 0 Å². The predicted octanol–water partition coefficient (Wildman–Crippen LogP) is 3.55. The van der Waals surface area contributed by atoms with E-state index in [1.165, 1.54) is 0 Å². The van der Waals surface area contributed by atoms with Gasteiger partial charge < -0.3 is 4.74 Å². The van der Waals surface area contributed by atoms with Crippen LogP contribution >= 0.6 is 0 Å². The molecule has 0 radical (unpaired) electrons. The number of rotatable bonds is 3. The molecule has 0 amide bonds. The molecule has 0 unspecified atom stereocenters. The first-order valence-electron chi connectivity index (χ1n) is 6.68. The van der Waals surface area contributed by atoms with Crippen LogP contribution in [0.4, 0.5) is 0 Å². The average molecular weight is 267 g/mol. The number of aromatic nitrogens is 3. The Morgan fingerprint density at radius 1 is 1.10 bits per heavy atom. The summed E-state index contributed by atoms with van der Waals surface area (Å²) in [6, 6.07) is 11.9. The quantitative estimate of drug-likeness (QED) is 0.728. The van der Waals surface area contributed by atoms with Crippen LogP contribution in [0.5, 0.6) is 5.75 Å². The van der Waals surface area contributed by atoms with Crippen LogP contribution < -0.4 is 4.74 Å². The third-order valence-electron chi connectivity index (χ3n) is 3.29. The Kier molecular flexibility index (Phi) is 3.14. The normalized spacial score (nSPS) is 11.2. The number of benzene rings is 1. The second-order valence-corrected chi connectivity index (χ2v) is 5.00. The molecule has 0 aliphatic heterocycles. The molecule has 0 atom stereocenters. The summed E-state index contributed by atoms with van der Waals surface area (Å²) in [4.78, 5) is 9.17. The molecule has 2 heterocycles. The molecule has 3 aromatic rings. The van der Waals surface area contributed by atoms with E-state index in [0.717, 1.165) is 28.4 Å². The van der Waals surface area contributed by atoms with Crippen molar-refractivity contribution in [2.45, 2.75) is 19.8 Å². The minimum absolute atomic E-state index is 0.325. The van der Waals surface area contributed by atoms with E-state index in [9.17, 15) is 0 Å². The van der Waals surface area contributed by atoms with Crippen molar-refractivity contribution in [2.24, 2.45) is 0 Å². The van der Waals surface area contributed by atoms with Crippen LogP contribution in [0, 0.1) is 0 Å². The number of imidazole rings is 1. The van der Waals surface area contributed by atoms with E-state index in [0.29, 0.717) is 5.92 Å². The molecule has 0 aliphatic rings. The third kappa shape index (κ3) is 2.03. The van der Waals surface area contributed by atoms with E-state index in [1.807, 2.05) is 36.4 Å². The van der Waals surface area contributed by atoms with Crippen LogP contribution in [0.25, 0.3) is 16.9 Å². The van der Waals surface area contributed by atoms with Crippen LogP contribution in [0.3, 0.4) is 0 Å². The van der Waals surface area contributed by atoms with Crippen molar-refractivity contribution in [1.29, 1.82) is 0 Å². The zero-order valence-electron chi connectivity index (χ0n) is 11.9. The average Bonchev–Trinajstić information content (AvgIpc) is 2.87. The molecule has 0 saturated carbocycles. The molecule has 0 saturated heterocycles. The second-order valence-electron chi connectivity index (χ2n) is 5.00. The maximum absolute atomic E-state index is 5.21. The number of hydrogen-bond donors (Lipinski definition) is 0. The summed E-state index contributed by atoms with van der Waals surface area (Å²) in [5, 5.41) is 0. The zero-order chi connectivity index (χ0) is 14.1. The van der Waals surface area contributed by atoms with Gasteiger partial charge in [-0.05, 0) is 36.4 Å². The zero-order valence-corrected chi connectivity index (χ0v) is 11.9. The van der Waals surface area contributed by atoms with Gasteiger partial charge >= 0.3 is 0 Å². The molecular formula is C16H17N3O. The number of pyridine rings is 1. The molecule has 0 fully saturated rings. The predicted molar refractivity (Wildman–Crippen MR) is 79.5 cm³/mol. The largest absolute Gasteiger partial charge is 0.497 e. The van der Waals surface area contributed by atoms with Crippen LogP contribution in [0.2, 0.25) is 0 Å². The van der Waals surface area contributed by atoms with Crippen LogP contribution in [0.1, 0.15) is 25.6 Å². The highest BCUT2D eigenvalue weighted by Gasteiger charge is 2.15. The Balaban J connectivity index is 2.24. The van der Waals surface area contributed by atoms with Gasteiger partial charge in [0.1, 0.15) is 17.1 Å². The van der Waals surface area contributed by atoms with Gasteiger partial charge in [0, 0.05) is 17.8 Å². The maximum atomic E-state index is 5.21. The van der Waals surface area contributed by atoms with Crippen LogP contribution in [-0.4, -0.2) is 21.6 Å². The summed E-state index contributed by atoms with van der Waals surface area (Å²) in [7, 11) is 1.67. The fourth-order valence-electron chi connectivity index (χ4n) is 2.30. The standard InChI is InChI=1S/C16H17N3O/c1-11(2)15-18-14-5-4-10-17-16(14)19(15)12-6-8-13(20-3)9-7-12/h4-11H,1-3H3. The summed E-state index contributed by atoms with van der Waals surface area (Å²) in [5.74, 6) is 2.19. The molecule has 0 aliphatic carbocycles. The monoisotopic (exact) mass is 267 g/mol. The smallest absolute Gasteiger partial charge is 0.164 e. The van der Waals surface area contributed by atoms with Crippen LogP contribution in [-0.2, 0) is 0 Å². The lowest BCUT2D eigenvalue weighted by atomic mass is 10.2. The van der Waals surface area contributed by atoms with Gasteiger partial charge in [0.2, 0.25) is 0 Å². The molecule has 4 heteroatoms. The lowest BCUT2D eigenvalue weighted by molar-refractivity contribution is 0.414. The highest BCUT2D eigenvalue weighted by atomic mass is 16.5. The molecule has 0 N–H and O–H groups in total. The summed E-state index contributed by atoms with van der Waals surface area (Å²) < 4.78 is 7.32. The van der Waals surface area contributed by atoms with E-state index in [-0.39, 0.29) is 0 Å². The molecule has 2 aromatic heterocycles. The molecule has 0 spiro atoms. The number of nitrogens with zero attached hydrogens (tertiary/aromatic N) is 3. The van der Waals surface area contributed by atoms with Gasteiger partial charge in [-0.3, -0.25) is 4.57 Å². The minimum Gasteiger partial charge on any atom is -0.497 e. The number of hydrogen-bond acceptors (Lipinski definition) is 3. The van der Waals surface area contributed by atoms with Crippen molar-refractivity contribution >= 4 is 11.2 Å². The molecule has 1 aromatic carbocycles. The van der Waals surface area contributed by atoms with Gasteiger partial charge in [-0.1, -0.05) is 13.8 Å². The third-order valence-corrected chi connectivity index (χ3v) is 3.29. The number of fused-ring (bicyclic) bond motifs is 1. The lowest BCUT2D eigenvalue weighted by Crippen LogP contribution is -2.03. The SMILES string of the molecule is COc1ccc(-n2c(C(C)C)nc3cccnc32)cc1. The fourth-order valence-corrected chi connectivity index (χ4v) is 2.30. The first-order valence-corrected chi connectivity index (χ1v) is 6.68. The first-order chi connectivity index (χ1) is 9.70. The van der Waals surface area contributed by atoms with Crippen molar-refractivity contribution < 1.29 is 4.74 Å². The molecule has 102 valence electrons. The highest BCUT2D eigenvalue weighted by Crippen LogP contribution is 2.25. The molecule has 3 rings (SSSR count). The fraction of sp³-hybridized carbons (Fsp3) is 0.250. The molecule has 0 bridgehead atoms. The second kappa shape index (κ2) is 4.96. The number of ether oxygens (including phenoxy) is 1. The Morgan fingerprint density at radius 3 is 2.50 bits per heavy atom. The summed E-state index contributed by atoms with van der Waals surface area (Å²) in [6.07, 6.45) is 1.80. The summed E-state index contributed by atoms with van der Waals surface area (Å²) in [6.45, 7) is 4.28. The molecule has 4 nitrogen and oxygen atoms in total. The van der Waals surface area contributed by atoms with Crippen molar-refractivity contribution in [3.05, 3.63) is 48.4 Å².